The Balaban J connectivity index is 1.97. The molecule has 100 valence electrons. The SMILES string of the molecule is O=C(CCCn1cc(Br)c(=O)[nH]c1=O)c1cccs1. The van der Waals surface area contributed by atoms with Crippen molar-refractivity contribution in [1.82, 2.24) is 9.55 Å². The van der Waals surface area contributed by atoms with Gasteiger partial charge < -0.3 is 0 Å². The molecule has 1 N–H and O–H groups in total. The largest absolute Gasteiger partial charge is 0.328 e. The van der Waals surface area contributed by atoms with Crippen LogP contribution in [-0.4, -0.2) is 15.3 Å². The Morgan fingerprint density at radius 3 is 2.89 bits per heavy atom. The van der Waals surface area contributed by atoms with Gasteiger partial charge in [-0.25, -0.2) is 4.79 Å². The average molecular weight is 343 g/mol. The van der Waals surface area contributed by atoms with Crippen LogP contribution < -0.4 is 11.2 Å². The quantitative estimate of drug-likeness (QED) is 0.845. The van der Waals surface area contributed by atoms with Crippen molar-refractivity contribution in [3.05, 3.63) is 53.9 Å². The fraction of sp³-hybridized carbons (Fsp3) is 0.250. The third-order valence-corrected chi connectivity index (χ3v) is 4.04. The van der Waals surface area contributed by atoms with E-state index in [4.69, 9.17) is 0 Å². The molecule has 0 aliphatic rings. The van der Waals surface area contributed by atoms with Crippen molar-refractivity contribution < 1.29 is 4.79 Å². The second-order valence-corrected chi connectivity index (χ2v) is 5.74. The highest BCUT2D eigenvalue weighted by molar-refractivity contribution is 9.10. The number of thiophene rings is 1. The summed E-state index contributed by atoms with van der Waals surface area (Å²) in [6.45, 7) is 0.394. The summed E-state index contributed by atoms with van der Waals surface area (Å²) in [6.07, 6.45) is 2.37. The molecule has 5 nitrogen and oxygen atoms in total. The predicted octanol–water partition coefficient (Wildman–Crippen LogP) is 2.02. The maximum Gasteiger partial charge on any atom is 0.328 e. The van der Waals surface area contributed by atoms with E-state index in [2.05, 4.69) is 20.9 Å². The second kappa shape index (κ2) is 6.12. The lowest BCUT2D eigenvalue weighted by Crippen LogP contribution is -2.29. The summed E-state index contributed by atoms with van der Waals surface area (Å²) in [6, 6.07) is 3.62. The number of Topliss-reactive ketones (excluding diaryl/α,β-unsaturated/α-hetero) is 1. The highest BCUT2D eigenvalue weighted by Gasteiger charge is 2.07. The lowest BCUT2D eigenvalue weighted by molar-refractivity contribution is 0.0982. The van der Waals surface area contributed by atoms with Crippen molar-refractivity contribution in [2.24, 2.45) is 0 Å². The standard InChI is InChI=1S/C12H11BrN2O3S/c13-8-7-15(12(18)14-11(8)17)5-1-3-9(16)10-4-2-6-19-10/h2,4,6-7H,1,3,5H2,(H,14,17,18). The van der Waals surface area contributed by atoms with Gasteiger partial charge in [0.05, 0.1) is 9.35 Å². The van der Waals surface area contributed by atoms with Crippen LogP contribution in [0.2, 0.25) is 0 Å². The molecule has 0 aliphatic heterocycles. The van der Waals surface area contributed by atoms with Gasteiger partial charge in [-0.2, -0.15) is 0 Å². The zero-order valence-corrected chi connectivity index (χ0v) is 12.3. The van der Waals surface area contributed by atoms with Crippen molar-refractivity contribution in [3.63, 3.8) is 0 Å². The van der Waals surface area contributed by atoms with Gasteiger partial charge in [0.1, 0.15) is 0 Å². The molecule has 0 aromatic carbocycles. The summed E-state index contributed by atoms with van der Waals surface area (Å²) in [5.41, 5.74) is -0.910. The number of carbonyl (C=O) groups is 1. The van der Waals surface area contributed by atoms with Gasteiger partial charge in [-0.3, -0.25) is 19.1 Å². The van der Waals surface area contributed by atoms with E-state index in [-0.39, 0.29) is 5.78 Å². The number of hydrogen-bond acceptors (Lipinski definition) is 4. The number of aromatic amines is 1. The molecule has 0 saturated carbocycles. The Morgan fingerprint density at radius 2 is 2.21 bits per heavy atom. The number of aromatic nitrogens is 2. The lowest BCUT2D eigenvalue weighted by Gasteiger charge is -2.04. The molecule has 0 aliphatic carbocycles. The summed E-state index contributed by atoms with van der Waals surface area (Å²) in [5.74, 6) is 0.0755. The molecule has 2 aromatic heterocycles. The van der Waals surface area contributed by atoms with Crippen molar-refractivity contribution in [1.29, 1.82) is 0 Å². The molecular formula is C12H11BrN2O3S. The van der Waals surface area contributed by atoms with E-state index in [1.807, 2.05) is 11.4 Å². The zero-order chi connectivity index (χ0) is 13.8. The maximum atomic E-state index is 11.8. The first-order valence-electron chi connectivity index (χ1n) is 5.64. The molecule has 19 heavy (non-hydrogen) atoms. The Kier molecular flexibility index (Phi) is 4.49. The summed E-state index contributed by atoms with van der Waals surface area (Å²) >= 11 is 4.48. The fourth-order valence-corrected chi connectivity index (χ4v) is 2.66. The van der Waals surface area contributed by atoms with Crippen LogP contribution in [0.4, 0.5) is 0 Å². The normalized spacial score (nSPS) is 10.6. The minimum absolute atomic E-state index is 0.0755. The first kappa shape index (κ1) is 14.0. The maximum absolute atomic E-state index is 11.8. The van der Waals surface area contributed by atoms with E-state index < -0.39 is 11.2 Å². The topological polar surface area (TPSA) is 71.9 Å². The number of halogens is 1. The number of nitrogens with one attached hydrogen (secondary N) is 1. The van der Waals surface area contributed by atoms with Crippen LogP contribution in [0.25, 0.3) is 0 Å². The van der Waals surface area contributed by atoms with Crippen LogP contribution >= 0.6 is 27.3 Å². The van der Waals surface area contributed by atoms with E-state index in [0.717, 1.165) is 4.88 Å². The van der Waals surface area contributed by atoms with Gasteiger partial charge in [0, 0.05) is 19.2 Å². The molecule has 2 rings (SSSR count). The van der Waals surface area contributed by atoms with Gasteiger partial charge in [0.15, 0.2) is 5.78 Å². The number of nitrogens with zero attached hydrogens (tertiary/aromatic N) is 1. The van der Waals surface area contributed by atoms with Crippen LogP contribution in [-0.2, 0) is 6.54 Å². The third-order valence-electron chi connectivity index (χ3n) is 2.57. The smallest absolute Gasteiger partial charge is 0.299 e. The number of aryl methyl sites for hydroxylation is 1. The van der Waals surface area contributed by atoms with Crippen LogP contribution in [0.1, 0.15) is 22.5 Å². The number of carbonyl (C=O) groups excluding carboxylic acids is 1. The van der Waals surface area contributed by atoms with Gasteiger partial charge >= 0.3 is 5.69 Å². The highest BCUT2D eigenvalue weighted by Crippen LogP contribution is 2.12. The average Bonchev–Trinajstić information content (AvgIpc) is 2.89. The number of hydrogen-bond donors (Lipinski definition) is 1. The minimum atomic E-state index is -0.461. The molecule has 0 bridgehead atoms. The summed E-state index contributed by atoms with van der Waals surface area (Å²) < 4.78 is 1.68. The molecule has 0 atom stereocenters. The van der Waals surface area contributed by atoms with Gasteiger partial charge in [-0.15, -0.1) is 11.3 Å². The van der Waals surface area contributed by atoms with Gasteiger partial charge in [-0.05, 0) is 33.8 Å². The molecule has 0 fully saturated rings. The van der Waals surface area contributed by atoms with Crippen LogP contribution in [0.5, 0.6) is 0 Å². The van der Waals surface area contributed by atoms with Gasteiger partial charge in [-0.1, -0.05) is 6.07 Å². The van der Waals surface area contributed by atoms with E-state index in [1.54, 1.807) is 6.07 Å². The number of H-pyrrole nitrogens is 1. The first-order chi connectivity index (χ1) is 9.08. The molecular weight excluding hydrogens is 332 g/mol. The van der Waals surface area contributed by atoms with E-state index in [1.165, 1.54) is 22.1 Å². The van der Waals surface area contributed by atoms with E-state index >= 15 is 0 Å². The first-order valence-corrected chi connectivity index (χ1v) is 7.31. The molecule has 0 saturated heterocycles. The van der Waals surface area contributed by atoms with Crippen LogP contribution in [0, 0.1) is 0 Å². The number of ketones is 1. The fourth-order valence-electron chi connectivity index (χ4n) is 1.62. The summed E-state index contributed by atoms with van der Waals surface area (Å²) in [4.78, 5) is 37.3. The van der Waals surface area contributed by atoms with Crippen molar-refractivity contribution >= 4 is 33.0 Å². The Hall–Kier alpha value is -1.47. The number of rotatable bonds is 5. The molecule has 0 unspecified atom stereocenters. The minimum Gasteiger partial charge on any atom is -0.299 e. The van der Waals surface area contributed by atoms with E-state index in [0.29, 0.717) is 23.9 Å². The highest BCUT2D eigenvalue weighted by atomic mass is 79.9. The molecule has 2 heterocycles. The van der Waals surface area contributed by atoms with E-state index in [9.17, 15) is 14.4 Å². The monoisotopic (exact) mass is 342 g/mol. The van der Waals surface area contributed by atoms with Crippen LogP contribution in [0.15, 0.2) is 37.8 Å². The predicted molar refractivity (Wildman–Crippen MR) is 76.9 cm³/mol. The van der Waals surface area contributed by atoms with Crippen molar-refractivity contribution in [2.75, 3.05) is 0 Å². The lowest BCUT2D eigenvalue weighted by atomic mass is 10.2. The van der Waals surface area contributed by atoms with Crippen molar-refractivity contribution in [3.8, 4) is 0 Å². The molecule has 7 heteroatoms. The second-order valence-electron chi connectivity index (χ2n) is 3.93. The Morgan fingerprint density at radius 1 is 1.42 bits per heavy atom. The molecule has 2 aromatic rings. The summed E-state index contributed by atoms with van der Waals surface area (Å²) in [5, 5.41) is 1.86. The molecule has 0 spiro atoms. The zero-order valence-electron chi connectivity index (χ0n) is 9.89. The molecule has 0 radical (unpaired) electrons. The van der Waals surface area contributed by atoms with Gasteiger partial charge in [0.2, 0.25) is 0 Å². The third kappa shape index (κ3) is 3.51. The summed E-state index contributed by atoms with van der Waals surface area (Å²) in [7, 11) is 0. The van der Waals surface area contributed by atoms with Crippen LogP contribution in [0.3, 0.4) is 0 Å². The van der Waals surface area contributed by atoms with Gasteiger partial charge in [0.25, 0.3) is 5.56 Å². The Labute approximate surface area is 121 Å². The Bertz CT molecular complexity index is 688. The molecule has 0 amide bonds. The van der Waals surface area contributed by atoms with Crippen molar-refractivity contribution in [2.45, 2.75) is 19.4 Å².